The fourth-order valence-corrected chi connectivity index (χ4v) is 11.0. The Kier molecular flexibility index (Phi) is 14.3. The Morgan fingerprint density at radius 1 is 0.114 bits per heavy atom. The minimum absolute atomic E-state index is 0.0285. The van der Waals surface area contributed by atoms with Crippen LogP contribution >= 0.6 is 0 Å². The number of rotatable bonds is 4. The molecule has 10 rings (SSSR count). The van der Waals surface area contributed by atoms with Crippen LogP contribution in [0, 0.1) is 0 Å². The van der Waals surface area contributed by atoms with Gasteiger partial charge < -0.3 is 4.42 Å². The van der Waals surface area contributed by atoms with Crippen LogP contribution in [0.5, 0.6) is 0 Å². The number of hydrogen-bond acceptors (Lipinski definition) is 1. The Hall–Kier alpha value is -4.49. The third-order valence-corrected chi connectivity index (χ3v) is 15.3. The van der Waals surface area contributed by atoms with Crippen molar-refractivity contribution in [3.05, 3.63) is 0 Å². The van der Waals surface area contributed by atoms with Gasteiger partial charge >= 0.3 is 0 Å². The van der Waals surface area contributed by atoms with Gasteiger partial charge in [0.25, 0.3) is 0 Å². The molecule has 0 aliphatic rings. The maximum absolute atomic E-state index is 7.48. The molecule has 31 heteroatoms. The van der Waals surface area contributed by atoms with Crippen LogP contribution < -0.4 is 164 Å². The van der Waals surface area contributed by atoms with E-state index in [0.717, 1.165) is 0 Å². The predicted molar refractivity (Wildman–Crippen MR) is 370 cm³/mol. The molecular weight excluding hydrogens is 917 g/mol. The molecule has 60 radical (unpaired) electrons. The second-order valence-electron chi connectivity index (χ2n) is 19.2. The van der Waals surface area contributed by atoms with E-state index in [-0.39, 0.29) is 263 Å². The van der Waals surface area contributed by atoms with Crippen molar-refractivity contribution >= 4 is 454 Å². The molecule has 0 amide bonds. The van der Waals surface area contributed by atoms with E-state index in [1.165, 1.54) is 0 Å². The van der Waals surface area contributed by atoms with Crippen molar-refractivity contribution in [2.75, 3.05) is 0 Å². The van der Waals surface area contributed by atoms with Crippen molar-refractivity contribution in [1.82, 2.24) is 0 Å². The predicted octanol–water partition coefficient (Wildman–Crippen LogP) is -22.5. The number of furan rings is 1. The Morgan fingerprint density at radius 2 is 0.316 bits per heavy atom. The fraction of sp³-hybridized carbons (Fsp3) is 0. The van der Waals surface area contributed by atoms with Crippen LogP contribution in [-0.4, -0.2) is 235 Å². The van der Waals surface area contributed by atoms with Crippen molar-refractivity contribution in [3.63, 3.8) is 0 Å². The average molecular weight is 917 g/mol. The molecule has 0 N–H and O–H groups in total. The summed E-state index contributed by atoms with van der Waals surface area (Å²) in [6.07, 6.45) is 0. The maximum Gasteiger partial charge on any atom is 0.128 e. The van der Waals surface area contributed by atoms with Gasteiger partial charge in [0.1, 0.15) is 247 Å². The van der Waals surface area contributed by atoms with Gasteiger partial charge in [0.2, 0.25) is 0 Å². The first-order valence-corrected chi connectivity index (χ1v) is 23.1. The summed E-state index contributed by atoms with van der Waals surface area (Å²) in [4.78, 5) is 0. The standard InChI is InChI=1S/C48B30O/c49-17-9(18(50)11(14-29(61)41(73)45(77)42(74)30(14)62)19(51)10(17)13-27(59)39(71)44(76)40(72)28(13)60)2-5-3(21(53)33(65)35(67)23(5)55)1(4-6(2)24(56)36(68)34(66)22(4)54)7-8-16-20(52)12-15(31(63)38(70)37(69)26(12)58)32(64)48(16)79-47(8)46(78)43(75)25(7)57. The molecule has 1 aromatic heterocycles. The Bertz CT molecular complexity index is 4360. The zero-order valence-corrected chi connectivity index (χ0v) is 41.7. The molecule has 1 heterocycles. The minimum Gasteiger partial charge on any atom is -0.457 e. The van der Waals surface area contributed by atoms with Gasteiger partial charge in [0.05, 0.1) is 0 Å². The third-order valence-electron chi connectivity index (χ3n) is 15.3. The van der Waals surface area contributed by atoms with Gasteiger partial charge in [-0.05, 0) is 82.3 Å². The second-order valence-corrected chi connectivity index (χ2v) is 19.2. The van der Waals surface area contributed by atoms with Gasteiger partial charge in [-0.25, -0.2) is 0 Å². The molecule has 79 heavy (non-hydrogen) atoms. The molecule has 10 aromatic rings. The third kappa shape index (κ3) is 7.52. The van der Waals surface area contributed by atoms with E-state index in [4.69, 9.17) is 240 Å². The van der Waals surface area contributed by atoms with E-state index in [1.54, 1.807) is 0 Å². The van der Waals surface area contributed by atoms with Crippen molar-refractivity contribution in [3.8, 4) is 44.5 Å². The van der Waals surface area contributed by atoms with Crippen molar-refractivity contribution in [2.24, 2.45) is 0 Å². The second kappa shape index (κ2) is 19.6. The molecule has 9 aromatic carbocycles. The smallest absolute Gasteiger partial charge is 0.128 e. The molecule has 0 spiro atoms. The summed E-state index contributed by atoms with van der Waals surface area (Å²) in [5, 5.41) is -0.165. The molecule has 0 atom stereocenters. The first-order valence-electron chi connectivity index (χ1n) is 23.1. The molecule has 0 saturated carbocycles. The van der Waals surface area contributed by atoms with Gasteiger partial charge in [0.15, 0.2) is 0 Å². The summed E-state index contributed by atoms with van der Waals surface area (Å²) >= 11 is 0. The quantitative estimate of drug-likeness (QED) is 0.127. The van der Waals surface area contributed by atoms with Crippen LogP contribution in [0.2, 0.25) is 0 Å². The highest BCUT2D eigenvalue weighted by Gasteiger charge is 2.33. The molecule has 0 unspecified atom stereocenters. The lowest BCUT2D eigenvalue weighted by molar-refractivity contribution is 0.675. The minimum atomic E-state index is -0.335. The summed E-state index contributed by atoms with van der Waals surface area (Å²) in [5.74, 6) is 0. The molecule has 0 bridgehead atoms. The number of benzene rings is 9. The van der Waals surface area contributed by atoms with Gasteiger partial charge in [-0.1, -0.05) is 87.4 Å². The molecule has 0 aliphatic heterocycles. The molecule has 288 valence electrons. The van der Waals surface area contributed by atoms with E-state index in [9.17, 15) is 0 Å². The lowest BCUT2D eigenvalue weighted by atomic mass is 9.54. The lowest BCUT2D eigenvalue weighted by Gasteiger charge is -2.34. The summed E-state index contributed by atoms with van der Waals surface area (Å²) in [5.41, 5.74) is -7.83. The van der Waals surface area contributed by atoms with Crippen LogP contribution in [0.15, 0.2) is 4.42 Å². The molecule has 0 aliphatic carbocycles. The van der Waals surface area contributed by atoms with E-state index in [0.29, 0.717) is 0 Å². The average Bonchev–Trinajstić information content (AvgIpc) is 3.29. The maximum atomic E-state index is 7.48. The summed E-state index contributed by atoms with van der Waals surface area (Å²) < 4.78 is 6.54. The highest BCUT2D eigenvalue weighted by molar-refractivity contribution is 6.77. The highest BCUT2D eigenvalue weighted by Crippen LogP contribution is 2.43. The largest absolute Gasteiger partial charge is 0.457 e. The highest BCUT2D eigenvalue weighted by atomic mass is 16.3. The summed E-state index contributed by atoms with van der Waals surface area (Å²) in [6, 6.07) is 0. The first-order chi connectivity index (χ1) is 36.8. The van der Waals surface area contributed by atoms with E-state index >= 15 is 0 Å². The molecule has 0 saturated heterocycles. The fourth-order valence-electron chi connectivity index (χ4n) is 11.0. The van der Waals surface area contributed by atoms with Crippen LogP contribution in [0.4, 0.5) is 0 Å². The van der Waals surface area contributed by atoms with Crippen molar-refractivity contribution in [1.29, 1.82) is 0 Å². The summed E-state index contributed by atoms with van der Waals surface area (Å²) in [7, 11) is 205. The molecular formula is C48B30O. The first kappa shape index (κ1) is 57.7. The number of hydrogen-bond donors (Lipinski definition) is 0. The normalized spacial score (nSPS) is 11.8. The van der Waals surface area contributed by atoms with E-state index < -0.39 is 0 Å². The number of fused-ring (bicyclic) bond motifs is 6. The Balaban J connectivity index is 1.58. The van der Waals surface area contributed by atoms with Crippen molar-refractivity contribution < 1.29 is 4.42 Å². The van der Waals surface area contributed by atoms with Gasteiger partial charge in [-0.15, -0.1) is 71.0 Å². The van der Waals surface area contributed by atoms with Crippen LogP contribution in [0.3, 0.4) is 0 Å². The van der Waals surface area contributed by atoms with Gasteiger partial charge in [0, 0.05) is 10.8 Å². The Labute approximate surface area is 498 Å². The van der Waals surface area contributed by atoms with Crippen LogP contribution in [-0.2, 0) is 0 Å². The molecule has 1 nitrogen and oxygen atoms in total. The van der Waals surface area contributed by atoms with E-state index in [2.05, 4.69) is 0 Å². The van der Waals surface area contributed by atoms with Gasteiger partial charge in [-0.2, -0.15) is 0 Å². The zero-order chi connectivity index (χ0) is 58.4. The molecule has 0 fully saturated rings. The SMILES string of the molecule is [B]c1c([B])c([B])c(-c2c([B])c(-c3c([B])c([B])c([B])c([B])c3[B])c([B])c(-c3c4c([B])c([B])c([B])c([B])c4c(-c4c([B])c([B])c([B])c5oc6c([B])c7c([B])c([B])c([B])c([B])c7c([B])c6c45)c4c([B])c([B])c([B])c([B])c34)c2[B])c([B])c1[B]. The van der Waals surface area contributed by atoms with Crippen LogP contribution in [0.1, 0.15) is 0 Å². The summed E-state index contributed by atoms with van der Waals surface area (Å²) in [6.45, 7) is 0. The monoisotopic (exact) mass is 922 g/mol. The van der Waals surface area contributed by atoms with Crippen LogP contribution in [0.25, 0.3) is 98.8 Å². The van der Waals surface area contributed by atoms with Crippen molar-refractivity contribution in [2.45, 2.75) is 0 Å². The topological polar surface area (TPSA) is 13.1 Å². The van der Waals surface area contributed by atoms with Gasteiger partial charge in [-0.3, -0.25) is 0 Å². The lowest BCUT2D eigenvalue weighted by Crippen LogP contribution is -2.57. The Morgan fingerprint density at radius 3 is 0.646 bits per heavy atom. The van der Waals surface area contributed by atoms with E-state index in [1.807, 2.05) is 0 Å². The zero-order valence-electron chi connectivity index (χ0n) is 41.7.